The third kappa shape index (κ3) is 4.98. The number of ether oxygens (including phenoxy) is 2. The molecule has 1 aromatic carbocycles. The first-order chi connectivity index (χ1) is 14.2. The minimum absolute atomic E-state index is 0.166. The summed E-state index contributed by atoms with van der Waals surface area (Å²) in [6, 6.07) is 6.07. The Morgan fingerprint density at radius 1 is 1.38 bits per heavy atom. The molecule has 0 radical (unpaired) electrons. The van der Waals surface area contributed by atoms with Crippen LogP contribution >= 0.6 is 11.3 Å². The summed E-state index contributed by atoms with van der Waals surface area (Å²) in [6.07, 6.45) is 2.08. The standard InChI is InChI=1S/C20H27N5O3S/c1-27-17-11-14(4-5-16(17)25-7-9-28-10-8-25)19-23-18(13-29-19)24-20(26)22-15-3-2-6-21-12-15/h4-5,11,13,15,21H,2-3,6-10,12H2,1H3,(H2,22,24,26). The molecule has 1 unspecified atom stereocenters. The molecule has 0 bridgehead atoms. The molecule has 0 aliphatic carbocycles. The first-order valence-electron chi connectivity index (χ1n) is 9.98. The lowest BCUT2D eigenvalue weighted by molar-refractivity contribution is 0.122. The van der Waals surface area contributed by atoms with Crippen molar-refractivity contribution in [3.8, 4) is 16.3 Å². The number of benzene rings is 1. The van der Waals surface area contributed by atoms with Crippen LogP contribution in [0.15, 0.2) is 23.6 Å². The van der Waals surface area contributed by atoms with Gasteiger partial charge in [0.25, 0.3) is 0 Å². The highest BCUT2D eigenvalue weighted by atomic mass is 32.1. The molecule has 3 heterocycles. The third-order valence-corrected chi connectivity index (χ3v) is 6.05. The van der Waals surface area contributed by atoms with Crippen LogP contribution in [0.25, 0.3) is 10.6 Å². The molecule has 0 spiro atoms. The van der Waals surface area contributed by atoms with Gasteiger partial charge in [-0.15, -0.1) is 11.3 Å². The normalized spacial score (nSPS) is 19.6. The minimum Gasteiger partial charge on any atom is -0.495 e. The highest BCUT2D eigenvalue weighted by Gasteiger charge is 2.18. The van der Waals surface area contributed by atoms with Gasteiger partial charge in [-0.1, -0.05) is 0 Å². The number of amides is 2. The van der Waals surface area contributed by atoms with Crippen LogP contribution < -0.4 is 25.6 Å². The zero-order chi connectivity index (χ0) is 20.1. The van der Waals surface area contributed by atoms with Crippen molar-refractivity contribution in [3.63, 3.8) is 0 Å². The van der Waals surface area contributed by atoms with Crippen LogP contribution in [0.1, 0.15) is 12.8 Å². The average Bonchev–Trinajstić information content (AvgIpc) is 3.23. The molecule has 8 nitrogen and oxygen atoms in total. The van der Waals surface area contributed by atoms with Gasteiger partial charge in [0.2, 0.25) is 0 Å². The number of urea groups is 1. The van der Waals surface area contributed by atoms with Crippen molar-refractivity contribution in [2.75, 3.05) is 56.7 Å². The lowest BCUT2D eigenvalue weighted by Gasteiger charge is -2.30. The highest BCUT2D eigenvalue weighted by Crippen LogP contribution is 2.35. The predicted octanol–water partition coefficient (Wildman–Crippen LogP) is 2.53. The second-order valence-electron chi connectivity index (χ2n) is 7.17. The Hall–Kier alpha value is -2.36. The van der Waals surface area contributed by atoms with Crippen LogP contribution in [0.2, 0.25) is 0 Å². The Morgan fingerprint density at radius 2 is 2.24 bits per heavy atom. The number of methoxy groups -OCH3 is 1. The quantitative estimate of drug-likeness (QED) is 0.693. The summed E-state index contributed by atoms with van der Waals surface area (Å²) >= 11 is 1.50. The number of morpholine rings is 1. The van der Waals surface area contributed by atoms with E-state index in [0.29, 0.717) is 5.82 Å². The van der Waals surface area contributed by atoms with Crippen LogP contribution in [-0.4, -0.2) is 63.6 Å². The van der Waals surface area contributed by atoms with E-state index >= 15 is 0 Å². The van der Waals surface area contributed by atoms with Crippen LogP contribution in [0.5, 0.6) is 5.75 Å². The monoisotopic (exact) mass is 417 g/mol. The molecular formula is C20H27N5O3S. The van der Waals surface area contributed by atoms with Crippen molar-refractivity contribution >= 4 is 28.9 Å². The summed E-state index contributed by atoms with van der Waals surface area (Å²) in [6.45, 7) is 4.99. The summed E-state index contributed by atoms with van der Waals surface area (Å²) in [4.78, 5) is 19.1. The molecule has 2 fully saturated rings. The molecule has 156 valence electrons. The van der Waals surface area contributed by atoms with E-state index in [1.54, 1.807) is 7.11 Å². The third-order valence-electron chi connectivity index (χ3n) is 5.16. The largest absolute Gasteiger partial charge is 0.495 e. The van der Waals surface area contributed by atoms with E-state index in [4.69, 9.17) is 9.47 Å². The fraction of sp³-hybridized carbons (Fsp3) is 0.500. The van der Waals surface area contributed by atoms with Crippen molar-refractivity contribution in [2.24, 2.45) is 0 Å². The maximum absolute atomic E-state index is 12.2. The molecule has 9 heteroatoms. The van der Waals surface area contributed by atoms with Crippen molar-refractivity contribution in [1.82, 2.24) is 15.6 Å². The molecule has 2 saturated heterocycles. The van der Waals surface area contributed by atoms with Gasteiger partial charge in [0, 0.05) is 36.6 Å². The van der Waals surface area contributed by atoms with Crippen LogP contribution in [0.4, 0.5) is 16.3 Å². The van der Waals surface area contributed by atoms with E-state index in [1.807, 2.05) is 17.5 Å². The Balaban J connectivity index is 1.42. The molecule has 29 heavy (non-hydrogen) atoms. The molecular weight excluding hydrogens is 390 g/mol. The molecule has 2 aromatic rings. The molecule has 4 rings (SSSR count). The predicted molar refractivity (Wildman–Crippen MR) is 115 cm³/mol. The Labute approximate surface area is 174 Å². The number of nitrogens with one attached hydrogen (secondary N) is 3. The van der Waals surface area contributed by atoms with Crippen LogP contribution in [-0.2, 0) is 4.74 Å². The van der Waals surface area contributed by atoms with Gasteiger partial charge in [-0.3, -0.25) is 5.32 Å². The summed E-state index contributed by atoms with van der Waals surface area (Å²) in [5.41, 5.74) is 2.03. The number of hydrogen-bond acceptors (Lipinski definition) is 7. The summed E-state index contributed by atoms with van der Waals surface area (Å²) in [5.74, 6) is 1.37. The van der Waals surface area contributed by atoms with Gasteiger partial charge in [-0.25, -0.2) is 9.78 Å². The maximum atomic E-state index is 12.2. The first-order valence-corrected chi connectivity index (χ1v) is 10.9. The van der Waals surface area contributed by atoms with Gasteiger partial charge in [0.1, 0.15) is 16.6 Å². The Kier molecular flexibility index (Phi) is 6.48. The molecule has 1 aromatic heterocycles. The summed E-state index contributed by atoms with van der Waals surface area (Å²) in [7, 11) is 1.68. The van der Waals surface area contributed by atoms with E-state index in [9.17, 15) is 4.79 Å². The number of aromatic nitrogens is 1. The number of rotatable bonds is 5. The highest BCUT2D eigenvalue weighted by molar-refractivity contribution is 7.13. The number of hydrogen-bond donors (Lipinski definition) is 3. The van der Waals surface area contributed by atoms with Gasteiger partial charge in [-0.2, -0.15) is 0 Å². The van der Waals surface area contributed by atoms with Gasteiger partial charge in [-0.05, 0) is 37.6 Å². The lowest BCUT2D eigenvalue weighted by atomic mass is 10.1. The van der Waals surface area contributed by atoms with Gasteiger partial charge >= 0.3 is 6.03 Å². The van der Waals surface area contributed by atoms with Crippen molar-refractivity contribution in [3.05, 3.63) is 23.6 Å². The SMILES string of the molecule is COc1cc(-c2nc(NC(=O)NC3CCCNC3)cs2)ccc1N1CCOCC1. The number of carbonyl (C=O) groups excluding carboxylic acids is 1. The second kappa shape index (κ2) is 9.43. The fourth-order valence-corrected chi connectivity index (χ4v) is 4.40. The van der Waals surface area contributed by atoms with E-state index in [-0.39, 0.29) is 12.1 Å². The molecule has 3 N–H and O–H groups in total. The number of anilines is 2. The van der Waals surface area contributed by atoms with Crippen LogP contribution in [0.3, 0.4) is 0 Å². The number of thiazole rings is 1. The van der Waals surface area contributed by atoms with Crippen LogP contribution in [0, 0.1) is 0 Å². The minimum atomic E-state index is -0.212. The smallest absolute Gasteiger partial charge is 0.320 e. The second-order valence-corrected chi connectivity index (χ2v) is 8.02. The van der Waals surface area contributed by atoms with E-state index in [0.717, 1.165) is 74.2 Å². The fourth-order valence-electron chi connectivity index (χ4n) is 3.65. The number of carbonyl (C=O) groups is 1. The first kappa shape index (κ1) is 19.9. The Bertz CT molecular complexity index is 831. The molecule has 2 aliphatic rings. The Morgan fingerprint density at radius 3 is 3.00 bits per heavy atom. The average molecular weight is 418 g/mol. The van der Waals surface area contributed by atoms with E-state index in [1.165, 1.54) is 11.3 Å². The summed E-state index contributed by atoms with van der Waals surface area (Å²) < 4.78 is 11.1. The van der Waals surface area contributed by atoms with E-state index in [2.05, 4.69) is 31.9 Å². The van der Waals surface area contributed by atoms with Crippen molar-refractivity contribution in [2.45, 2.75) is 18.9 Å². The van der Waals surface area contributed by atoms with Crippen molar-refractivity contribution in [1.29, 1.82) is 0 Å². The van der Waals surface area contributed by atoms with Gasteiger partial charge < -0.3 is 25.0 Å². The topological polar surface area (TPSA) is 87.8 Å². The van der Waals surface area contributed by atoms with Crippen molar-refractivity contribution < 1.29 is 14.3 Å². The summed E-state index contributed by atoms with van der Waals surface area (Å²) in [5, 5.41) is 11.8. The van der Waals surface area contributed by atoms with Gasteiger partial charge in [0.05, 0.1) is 26.0 Å². The maximum Gasteiger partial charge on any atom is 0.320 e. The molecule has 2 aliphatic heterocycles. The number of piperidine rings is 1. The zero-order valence-corrected chi connectivity index (χ0v) is 17.4. The zero-order valence-electron chi connectivity index (χ0n) is 16.6. The number of nitrogens with zero attached hydrogens (tertiary/aromatic N) is 2. The van der Waals surface area contributed by atoms with E-state index < -0.39 is 0 Å². The lowest BCUT2D eigenvalue weighted by Crippen LogP contribution is -2.47. The molecule has 2 amide bonds. The molecule has 0 saturated carbocycles. The van der Waals surface area contributed by atoms with Gasteiger partial charge in [0.15, 0.2) is 0 Å². The molecule has 1 atom stereocenters.